The molecule has 0 atom stereocenters. The van der Waals surface area contributed by atoms with E-state index in [0.29, 0.717) is 4.47 Å². The molecule has 0 bridgehead atoms. The molecule has 0 radical (unpaired) electrons. The molecule has 1 N–H and O–H groups in total. The van der Waals surface area contributed by atoms with Crippen LogP contribution in [0, 0.1) is 5.82 Å². The number of benzene rings is 1. The number of hydrogen-bond acceptors (Lipinski definition) is 1. The van der Waals surface area contributed by atoms with Gasteiger partial charge in [-0.05, 0) is 47.1 Å². The first-order valence-electron chi connectivity index (χ1n) is 4.96. The van der Waals surface area contributed by atoms with Crippen LogP contribution in [0.5, 0.6) is 0 Å². The number of nitrogens with one attached hydrogen (secondary N) is 1. The Kier molecular flexibility index (Phi) is 4.99. The molecule has 1 aromatic carbocycles. The summed E-state index contributed by atoms with van der Waals surface area (Å²) in [6.45, 7) is 5.88. The van der Waals surface area contributed by atoms with Gasteiger partial charge in [-0.25, -0.2) is 4.39 Å². The Balaban J connectivity index is 2.75. The van der Waals surface area contributed by atoms with E-state index in [4.69, 9.17) is 0 Å². The zero-order valence-electron chi connectivity index (χ0n) is 8.98. The second-order valence-corrected chi connectivity index (χ2v) is 4.30. The lowest BCUT2D eigenvalue weighted by atomic mass is 10.1. The van der Waals surface area contributed by atoms with Crippen molar-refractivity contribution in [1.29, 1.82) is 0 Å². The Bertz CT molecular complexity index is 361. The van der Waals surface area contributed by atoms with E-state index < -0.39 is 0 Å². The number of rotatable bonds is 4. The summed E-state index contributed by atoms with van der Waals surface area (Å²) in [7, 11) is 0. The maximum atomic E-state index is 13.2. The van der Waals surface area contributed by atoms with E-state index in [2.05, 4.69) is 28.2 Å². The van der Waals surface area contributed by atoms with Crippen LogP contribution in [0.25, 0.3) is 6.08 Å². The maximum absolute atomic E-state index is 13.2. The first-order valence-corrected chi connectivity index (χ1v) is 5.75. The molecular formula is C12H15BrFN. The minimum atomic E-state index is -0.222. The summed E-state index contributed by atoms with van der Waals surface area (Å²) in [4.78, 5) is 0. The molecule has 1 aromatic rings. The molecule has 0 aliphatic heterocycles. The van der Waals surface area contributed by atoms with Crippen molar-refractivity contribution in [2.24, 2.45) is 0 Å². The monoisotopic (exact) mass is 271 g/mol. The molecule has 0 saturated heterocycles. The van der Waals surface area contributed by atoms with Crippen molar-refractivity contribution >= 4 is 22.0 Å². The lowest BCUT2D eigenvalue weighted by Gasteiger charge is -2.02. The topological polar surface area (TPSA) is 12.0 Å². The number of halogens is 2. The van der Waals surface area contributed by atoms with Crippen LogP contribution in [0.1, 0.15) is 19.4 Å². The summed E-state index contributed by atoms with van der Waals surface area (Å²) >= 11 is 3.13. The standard InChI is InChI=1S/C12H15BrFN/c1-3-15-8-9(2)6-10-4-5-11(13)12(14)7-10/h4-7,15H,3,8H2,1-2H3/b9-6+. The van der Waals surface area contributed by atoms with Gasteiger partial charge in [-0.3, -0.25) is 0 Å². The minimum Gasteiger partial charge on any atom is -0.313 e. The first-order chi connectivity index (χ1) is 7.13. The van der Waals surface area contributed by atoms with Gasteiger partial charge in [0.25, 0.3) is 0 Å². The summed E-state index contributed by atoms with van der Waals surface area (Å²) in [5, 5.41) is 3.22. The molecule has 82 valence electrons. The molecule has 0 heterocycles. The Morgan fingerprint density at radius 1 is 1.53 bits per heavy atom. The van der Waals surface area contributed by atoms with E-state index in [1.807, 2.05) is 19.1 Å². The van der Waals surface area contributed by atoms with E-state index in [1.54, 1.807) is 6.07 Å². The fraction of sp³-hybridized carbons (Fsp3) is 0.333. The van der Waals surface area contributed by atoms with Gasteiger partial charge in [0, 0.05) is 6.54 Å². The van der Waals surface area contributed by atoms with E-state index >= 15 is 0 Å². The van der Waals surface area contributed by atoms with E-state index in [9.17, 15) is 4.39 Å². The van der Waals surface area contributed by atoms with Crippen molar-refractivity contribution in [3.05, 3.63) is 39.6 Å². The van der Waals surface area contributed by atoms with E-state index in [1.165, 1.54) is 11.6 Å². The molecule has 0 aliphatic rings. The first kappa shape index (κ1) is 12.4. The molecule has 1 rings (SSSR count). The third kappa shape index (κ3) is 4.14. The fourth-order valence-electron chi connectivity index (χ4n) is 1.26. The highest BCUT2D eigenvalue weighted by molar-refractivity contribution is 9.10. The van der Waals surface area contributed by atoms with Crippen molar-refractivity contribution < 1.29 is 4.39 Å². The highest BCUT2D eigenvalue weighted by atomic mass is 79.9. The van der Waals surface area contributed by atoms with Crippen LogP contribution < -0.4 is 5.32 Å². The minimum absolute atomic E-state index is 0.222. The van der Waals surface area contributed by atoms with Gasteiger partial charge < -0.3 is 5.32 Å². The molecule has 0 aromatic heterocycles. The van der Waals surface area contributed by atoms with Gasteiger partial charge >= 0.3 is 0 Å². The molecule has 0 amide bonds. The van der Waals surface area contributed by atoms with Crippen LogP contribution in [-0.2, 0) is 0 Å². The summed E-state index contributed by atoms with van der Waals surface area (Å²) in [5.41, 5.74) is 2.09. The van der Waals surface area contributed by atoms with Gasteiger partial charge in [0.2, 0.25) is 0 Å². The molecule has 0 saturated carbocycles. The van der Waals surface area contributed by atoms with Crippen LogP contribution in [-0.4, -0.2) is 13.1 Å². The van der Waals surface area contributed by atoms with Gasteiger partial charge in [0.05, 0.1) is 4.47 Å². The largest absolute Gasteiger partial charge is 0.313 e. The lowest BCUT2D eigenvalue weighted by molar-refractivity contribution is 0.621. The summed E-state index contributed by atoms with van der Waals surface area (Å²) < 4.78 is 13.7. The smallest absolute Gasteiger partial charge is 0.137 e. The normalized spacial score (nSPS) is 11.9. The second kappa shape index (κ2) is 6.03. The van der Waals surface area contributed by atoms with Crippen LogP contribution in [0.2, 0.25) is 0 Å². The van der Waals surface area contributed by atoms with E-state index in [0.717, 1.165) is 18.7 Å². The number of hydrogen-bond donors (Lipinski definition) is 1. The molecule has 0 fully saturated rings. The molecule has 3 heteroatoms. The Hall–Kier alpha value is -0.670. The SMILES string of the molecule is CCNC/C(C)=C/c1ccc(Br)c(F)c1. The Labute approximate surface area is 98.5 Å². The molecular weight excluding hydrogens is 257 g/mol. The second-order valence-electron chi connectivity index (χ2n) is 3.44. The van der Waals surface area contributed by atoms with Gasteiger partial charge in [0.1, 0.15) is 5.82 Å². The predicted octanol–water partition coefficient (Wildman–Crippen LogP) is 3.60. The maximum Gasteiger partial charge on any atom is 0.137 e. The fourth-order valence-corrected chi connectivity index (χ4v) is 1.51. The van der Waals surface area contributed by atoms with Crippen LogP contribution in [0.15, 0.2) is 28.2 Å². The van der Waals surface area contributed by atoms with Crippen molar-refractivity contribution in [1.82, 2.24) is 5.32 Å². The summed E-state index contributed by atoms with van der Waals surface area (Å²) in [6, 6.07) is 5.14. The molecule has 15 heavy (non-hydrogen) atoms. The highest BCUT2D eigenvalue weighted by Gasteiger charge is 1.98. The third-order valence-corrected chi connectivity index (χ3v) is 2.65. The third-order valence-electron chi connectivity index (χ3n) is 2.01. The lowest BCUT2D eigenvalue weighted by Crippen LogP contribution is -2.14. The average molecular weight is 272 g/mol. The Morgan fingerprint density at radius 2 is 2.27 bits per heavy atom. The van der Waals surface area contributed by atoms with Gasteiger partial charge in [0.15, 0.2) is 0 Å². The zero-order chi connectivity index (χ0) is 11.3. The van der Waals surface area contributed by atoms with Crippen LogP contribution >= 0.6 is 15.9 Å². The van der Waals surface area contributed by atoms with Crippen molar-refractivity contribution in [2.75, 3.05) is 13.1 Å². The molecule has 0 aliphatic carbocycles. The zero-order valence-corrected chi connectivity index (χ0v) is 10.6. The quantitative estimate of drug-likeness (QED) is 0.883. The van der Waals surface area contributed by atoms with Crippen molar-refractivity contribution in [3.8, 4) is 0 Å². The van der Waals surface area contributed by atoms with E-state index in [-0.39, 0.29) is 5.82 Å². The van der Waals surface area contributed by atoms with Gasteiger partial charge in [-0.15, -0.1) is 0 Å². The predicted molar refractivity (Wildman–Crippen MR) is 66.3 cm³/mol. The van der Waals surface area contributed by atoms with Gasteiger partial charge in [-0.1, -0.05) is 24.6 Å². The van der Waals surface area contributed by atoms with Crippen molar-refractivity contribution in [3.63, 3.8) is 0 Å². The van der Waals surface area contributed by atoms with Crippen LogP contribution in [0.3, 0.4) is 0 Å². The van der Waals surface area contributed by atoms with Crippen molar-refractivity contribution in [2.45, 2.75) is 13.8 Å². The Morgan fingerprint density at radius 3 is 2.87 bits per heavy atom. The van der Waals surface area contributed by atoms with Gasteiger partial charge in [-0.2, -0.15) is 0 Å². The molecule has 1 nitrogen and oxygen atoms in total. The molecule has 0 unspecified atom stereocenters. The highest BCUT2D eigenvalue weighted by Crippen LogP contribution is 2.17. The number of likely N-dealkylation sites (N-methyl/N-ethyl adjacent to an activating group) is 1. The average Bonchev–Trinajstić information content (AvgIpc) is 2.20. The molecule has 0 spiro atoms. The van der Waals surface area contributed by atoms with Crippen LogP contribution in [0.4, 0.5) is 4.39 Å². The summed E-state index contributed by atoms with van der Waals surface area (Å²) in [6.07, 6.45) is 1.98. The summed E-state index contributed by atoms with van der Waals surface area (Å²) in [5.74, 6) is -0.222.